The number of carbonyl (C=O) groups excluding carboxylic acids is 3. The van der Waals surface area contributed by atoms with Gasteiger partial charge in [0.15, 0.2) is 6.10 Å². The number of unbranched alkanes of at least 4 members (excludes halogenated alkanes) is 35. The van der Waals surface area contributed by atoms with Crippen LogP contribution in [0.2, 0.25) is 0 Å². The first-order chi connectivity index (χ1) is 35.0. The van der Waals surface area contributed by atoms with Gasteiger partial charge in [-0.25, -0.2) is 0 Å². The fourth-order valence-corrected chi connectivity index (χ4v) is 8.83. The zero-order valence-electron chi connectivity index (χ0n) is 47.2. The van der Waals surface area contributed by atoms with Crippen molar-refractivity contribution in [1.82, 2.24) is 0 Å². The van der Waals surface area contributed by atoms with Gasteiger partial charge in [-0.2, -0.15) is 0 Å². The predicted molar refractivity (Wildman–Crippen MR) is 307 cm³/mol. The largest absolute Gasteiger partial charge is 0.462 e. The summed E-state index contributed by atoms with van der Waals surface area (Å²) in [6, 6.07) is 0. The van der Waals surface area contributed by atoms with Crippen molar-refractivity contribution in [1.29, 1.82) is 0 Å². The van der Waals surface area contributed by atoms with Crippen molar-refractivity contribution < 1.29 is 28.6 Å². The zero-order chi connectivity index (χ0) is 51.4. The predicted octanol–water partition coefficient (Wildman–Crippen LogP) is 20.8. The Morgan fingerprint density at radius 1 is 0.282 bits per heavy atom. The van der Waals surface area contributed by atoms with Crippen LogP contribution in [0.3, 0.4) is 0 Å². The first kappa shape index (κ1) is 68.1. The number of hydrogen-bond donors (Lipinski definition) is 0. The first-order valence-electron chi connectivity index (χ1n) is 30.8. The van der Waals surface area contributed by atoms with Gasteiger partial charge in [0.25, 0.3) is 0 Å². The second-order valence-electron chi connectivity index (χ2n) is 20.6. The van der Waals surface area contributed by atoms with Crippen LogP contribution in [0, 0.1) is 0 Å². The van der Waals surface area contributed by atoms with Gasteiger partial charge >= 0.3 is 17.9 Å². The molecular weight excluding hydrogens is 877 g/mol. The third kappa shape index (κ3) is 57.9. The summed E-state index contributed by atoms with van der Waals surface area (Å²) in [6.45, 7) is 6.56. The quantitative estimate of drug-likeness (QED) is 0.0261. The second kappa shape index (κ2) is 59.7. The van der Waals surface area contributed by atoms with E-state index < -0.39 is 6.10 Å². The summed E-state index contributed by atoms with van der Waals surface area (Å²) in [5.74, 6) is -0.884. The summed E-state index contributed by atoms with van der Waals surface area (Å²) < 4.78 is 16.8. The molecule has 0 aromatic carbocycles. The van der Waals surface area contributed by atoms with E-state index in [1.165, 1.54) is 193 Å². The standard InChI is InChI=1S/C65H116O6/c1-4-7-10-13-15-17-19-21-23-25-27-29-30-31-32-33-34-36-37-39-41-43-45-47-49-52-55-58-64(67)70-61-62(60-69-63(66)57-54-51-12-9-6-3)71-65(68)59-56-53-50-48-46-44-42-40-38-35-28-26-24-22-20-18-16-14-11-8-5-2/h19-22,25-28,30-31,62H,4-18,23-24,29,32-61H2,1-3H3/b21-19-,22-20-,27-25-,28-26-,31-30-. The molecule has 0 spiro atoms. The molecule has 0 heterocycles. The minimum atomic E-state index is -0.773. The second-order valence-corrected chi connectivity index (χ2v) is 20.6. The van der Waals surface area contributed by atoms with Crippen LogP contribution >= 0.6 is 0 Å². The summed E-state index contributed by atoms with van der Waals surface area (Å²) in [6.07, 6.45) is 75.5. The smallest absolute Gasteiger partial charge is 0.306 e. The number of hydrogen-bond acceptors (Lipinski definition) is 6. The summed E-state index contributed by atoms with van der Waals surface area (Å²) in [5.41, 5.74) is 0. The molecule has 412 valence electrons. The molecule has 0 aliphatic rings. The third-order valence-corrected chi connectivity index (χ3v) is 13.5. The van der Waals surface area contributed by atoms with E-state index in [-0.39, 0.29) is 31.1 Å². The van der Waals surface area contributed by atoms with Gasteiger partial charge < -0.3 is 14.2 Å². The minimum Gasteiger partial charge on any atom is -0.462 e. The topological polar surface area (TPSA) is 78.9 Å². The van der Waals surface area contributed by atoms with E-state index in [9.17, 15) is 14.4 Å². The van der Waals surface area contributed by atoms with E-state index >= 15 is 0 Å². The van der Waals surface area contributed by atoms with Crippen molar-refractivity contribution >= 4 is 17.9 Å². The van der Waals surface area contributed by atoms with Gasteiger partial charge in [-0.1, -0.05) is 268 Å². The van der Waals surface area contributed by atoms with E-state index in [4.69, 9.17) is 14.2 Å². The van der Waals surface area contributed by atoms with Gasteiger partial charge in [-0.3, -0.25) is 14.4 Å². The lowest BCUT2D eigenvalue weighted by Gasteiger charge is -2.18. The highest BCUT2D eigenvalue weighted by Crippen LogP contribution is 2.16. The molecule has 0 rings (SSSR count). The molecule has 1 atom stereocenters. The molecule has 6 nitrogen and oxygen atoms in total. The van der Waals surface area contributed by atoms with Crippen molar-refractivity contribution in [2.45, 2.75) is 322 Å². The van der Waals surface area contributed by atoms with Crippen molar-refractivity contribution in [2.75, 3.05) is 13.2 Å². The third-order valence-electron chi connectivity index (χ3n) is 13.5. The van der Waals surface area contributed by atoms with Crippen LogP contribution in [0.4, 0.5) is 0 Å². The molecule has 6 heteroatoms. The molecule has 1 unspecified atom stereocenters. The molecule has 0 saturated heterocycles. The molecule has 0 radical (unpaired) electrons. The number of allylic oxidation sites excluding steroid dienone is 10. The normalized spacial score (nSPS) is 12.4. The van der Waals surface area contributed by atoms with Crippen LogP contribution in [0.25, 0.3) is 0 Å². The summed E-state index contributed by atoms with van der Waals surface area (Å²) in [5, 5.41) is 0. The average molecular weight is 994 g/mol. The highest BCUT2D eigenvalue weighted by Gasteiger charge is 2.19. The molecule has 0 aromatic heterocycles. The lowest BCUT2D eigenvalue weighted by Crippen LogP contribution is -2.30. The van der Waals surface area contributed by atoms with Crippen LogP contribution in [-0.4, -0.2) is 37.2 Å². The molecular formula is C65H116O6. The van der Waals surface area contributed by atoms with Crippen LogP contribution < -0.4 is 0 Å². The zero-order valence-corrected chi connectivity index (χ0v) is 47.2. The van der Waals surface area contributed by atoms with Crippen LogP contribution in [0.15, 0.2) is 60.8 Å². The highest BCUT2D eigenvalue weighted by atomic mass is 16.6. The van der Waals surface area contributed by atoms with Gasteiger partial charge in [0, 0.05) is 19.3 Å². The van der Waals surface area contributed by atoms with Crippen molar-refractivity contribution in [3.8, 4) is 0 Å². The van der Waals surface area contributed by atoms with Crippen molar-refractivity contribution in [2.24, 2.45) is 0 Å². The van der Waals surface area contributed by atoms with Gasteiger partial charge in [0.1, 0.15) is 13.2 Å². The molecule has 0 fully saturated rings. The van der Waals surface area contributed by atoms with E-state index in [1.807, 2.05) is 0 Å². The lowest BCUT2D eigenvalue weighted by atomic mass is 10.0. The molecule has 0 amide bonds. The van der Waals surface area contributed by atoms with Crippen molar-refractivity contribution in [3.63, 3.8) is 0 Å². The Morgan fingerprint density at radius 2 is 0.507 bits per heavy atom. The van der Waals surface area contributed by atoms with Gasteiger partial charge in [0.05, 0.1) is 0 Å². The Morgan fingerprint density at radius 3 is 0.789 bits per heavy atom. The molecule has 0 bridgehead atoms. The molecule has 0 saturated carbocycles. The van der Waals surface area contributed by atoms with Gasteiger partial charge in [-0.05, 0) is 89.9 Å². The molecule has 0 N–H and O–H groups in total. The van der Waals surface area contributed by atoms with Crippen molar-refractivity contribution in [3.05, 3.63) is 60.8 Å². The highest BCUT2D eigenvalue weighted by molar-refractivity contribution is 5.71. The number of ether oxygens (including phenoxy) is 3. The maximum Gasteiger partial charge on any atom is 0.306 e. The maximum absolute atomic E-state index is 12.8. The van der Waals surface area contributed by atoms with Gasteiger partial charge in [-0.15, -0.1) is 0 Å². The van der Waals surface area contributed by atoms with E-state index in [1.54, 1.807) is 0 Å². The number of rotatable bonds is 56. The Labute approximate surface area is 440 Å². The van der Waals surface area contributed by atoms with Crippen LogP contribution in [-0.2, 0) is 28.6 Å². The maximum atomic E-state index is 12.8. The summed E-state index contributed by atoms with van der Waals surface area (Å²) >= 11 is 0. The van der Waals surface area contributed by atoms with Crippen LogP contribution in [0.1, 0.15) is 316 Å². The summed E-state index contributed by atoms with van der Waals surface area (Å²) in [7, 11) is 0. The number of carbonyl (C=O) groups is 3. The Balaban J connectivity index is 4.05. The SMILES string of the molecule is CCCCCCC/C=C\C/C=C\C/C=C\CCCCCCCCCCCCCCC(=O)OCC(COC(=O)CCCCCCC)OC(=O)CCCCCCCCCCC/C=C\C/C=C\CCCCCCC. The minimum absolute atomic E-state index is 0.0754. The average Bonchev–Trinajstić information content (AvgIpc) is 3.37. The molecule has 0 aliphatic carbocycles. The Kier molecular flexibility index (Phi) is 57.2. The monoisotopic (exact) mass is 993 g/mol. The fraction of sp³-hybridized carbons (Fsp3) is 0.800. The van der Waals surface area contributed by atoms with E-state index in [2.05, 4.69) is 81.5 Å². The lowest BCUT2D eigenvalue weighted by molar-refractivity contribution is -0.167. The first-order valence-corrected chi connectivity index (χ1v) is 30.8. The van der Waals surface area contributed by atoms with E-state index in [0.29, 0.717) is 19.3 Å². The Hall–Kier alpha value is -2.89. The Bertz CT molecular complexity index is 1280. The van der Waals surface area contributed by atoms with Crippen LogP contribution in [0.5, 0.6) is 0 Å². The summed E-state index contributed by atoms with van der Waals surface area (Å²) in [4.78, 5) is 37.9. The molecule has 0 aliphatic heterocycles. The molecule has 71 heavy (non-hydrogen) atoms. The van der Waals surface area contributed by atoms with Gasteiger partial charge in [0.2, 0.25) is 0 Å². The number of esters is 3. The molecule has 0 aromatic rings. The van der Waals surface area contributed by atoms with E-state index in [0.717, 1.165) is 83.5 Å². The fourth-order valence-electron chi connectivity index (χ4n) is 8.83.